The van der Waals surface area contributed by atoms with E-state index in [2.05, 4.69) is 5.32 Å². The van der Waals surface area contributed by atoms with Gasteiger partial charge in [-0.25, -0.2) is 4.79 Å². The van der Waals surface area contributed by atoms with Crippen LogP contribution in [0.25, 0.3) is 11.0 Å². The van der Waals surface area contributed by atoms with E-state index < -0.39 is 11.9 Å². The van der Waals surface area contributed by atoms with E-state index in [4.69, 9.17) is 44.6 Å². The van der Waals surface area contributed by atoms with Crippen LogP contribution < -0.4 is 10.2 Å². The number of fused-ring (bicyclic) bond motifs is 1. The van der Waals surface area contributed by atoms with E-state index in [9.17, 15) is 9.59 Å². The second-order valence-electron chi connectivity index (χ2n) is 7.50. The number of furan rings is 1. The topological polar surface area (TPSA) is 71.8 Å². The highest BCUT2D eigenvalue weighted by Gasteiger charge is 2.20. The minimum Gasteiger partial charge on any atom is -0.462 e. The van der Waals surface area contributed by atoms with Crippen molar-refractivity contribution >= 4 is 69.1 Å². The van der Waals surface area contributed by atoms with Crippen LogP contribution in [0, 0.1) is 0 Å². The quantitative estimate of drug-likeness (QED) is 0.224. The molecule has 3 aromatic carbocycles. The third-order valence-corrected chi connectivity index (χ3v) is 6.06. The average molecular weight is 527 g/mol. The second-order valence-corrected chi connectivity index (χ2v) is 8.73. The lowest BCUT2D eigenvalue weighted by Gasteiger charge is -2.26. The van der Waals surface area contributed by atoms with Crippen molar-refractivity contribution in [1.29, 1.82) is 0 Å². The standard InChI is InChI=1S/C26H20Cl2N2O4S/c1-2-33-25(32)16-8-11-20(12-9-16)30(15-18-7-10-19(27)14-21(18)28)26(35)29-24(31)23-13-17-5-3-4-6-22(17)34-23/h3-14H,2,15H2,1H3,(H,29,31,35). The van der Waals surface area contributed by atoms with Gasteiger partial charge in [-0.05, 0) is 73.2 Å². The Morgan fingerprint density at radius 3 is 2.46 bits per heavy atom. The summed E-state index contributed by atoms with van der Waals surface area (Å²) in [5.74, 6) is -0.774. The molecule has 0 saturated carbocycles. The van der Waals surface area contributed by atoms with Gasteiger partial charge in [-0.15, -0.1) is 0 Å². The molecule has 1 N–H and O–H groups in total. The van der Waals surface area contributed by atoms with Gasteiger partial charge < -0.3 is 14.1 Å². The molecule has 0 fully saturated rings. The number of halogens is 2. The first-order valence-corrected chi connectivity index (χ1v) is 11.8. The van der Waals surface area contributed by atoms with Gasteiger partial charge in [-0.3, -0.25) is 10.1 Å². The maximum Gasteiger partial charge on any atom is 0.338 e. The zero-order valence-electron chi connectivity index (χ0n) is 18.6. The van der Waals surface area contributed by atoms with Crippen molar-refractivity contribution in [3.05, 3.63) is 99.7 Å². The fourth-order valence-corrected chi connectivity index (χ4v) is 4.14. The van der Waals surface area contributed by atoms with Crippen molar-refractivity contribution in [2.24, 2.45) is 0 Å². The summed E-state index contributed by atoms with van der Waals surface area (Å²) in [6, 6.07) is 20.8. The van der Waals surface area contributed by atoms with Crippen molar-refractivity contribution in [1.82, 2.24) is 5.32 Å². The number of nitrogens with one attached hydrogen (secondary N) is 1. The molecule has 9 heteroatoms. The maximum absolute atomic E-state index is 12.9. The lowest BCUT2D eigenvalue weighted by Crippen LogP contribution is -2.42. The first kappa shape index (κ1) is 24.7. The molecule has 6 nitrogen and oxygen atoms in total. The van der Waals surface area contributed by atoms with E-state index in [1.165, 1.54) is 0 Å². The number of nitrogens with zero attached hydrogens (tertiary/aromatic N) is 1. The van der Waals surface area contributed by atoms with Crippen LogP contribution in [0.5, 0.6) is 0 Å². The number of hydrogen-bond acceptors (Lipinski definition) is 5. The van der Waals surface area contributed by atoms with Gasteiger partial charge in [0.2, 0.25) is 0 Å². The molecular formula is C26H20Cl2N2O4S. The van der Waals surface area contributed by atoms with Crippen molar-refractivity contribution in [2.45, 2.75) is 13.5 Å². The van der Waals surface area contributed by atoms with Gasteiger partial charge in [-0.2, -0.15) is 0 Å². The molecular weight excluding hydrogens is 507 g/mol. The highest BCUT2D eigenvalue weighted by Crippen LogP contribution is 2.26. The Morgan fingerprint density at radius 1 is 1.03 bits per heavy atom. The molecule has 0 saturated heterocycles. The molecule has 35 heavy (non-hydrogen) atoms. The van der Waals surface area contributed by atoms with Crippen LogP contribution in [0.4, 0.5) is 5.69 Å². The van der Waals surface area contributed by atoms with Gasteiger partial charge in [0, 0.05) is 21.1 Å². The number of para-hydroxylation sites is 1. The Kier molecular flexibility index (Phi) is 7.70. The lowest BCUT2D eigenvalue weighted by molar-refractivity contribution is 0.0526. The summed E-state index contributed by atoms with van der Waals surface area (Å²) in [6.45, 7) is 2.26. The summed E-state index contributed by atoms with van der Waals surface area (Å²) in [5, 5.41) is 4.63. The molecule has 1 aromatic heterocycles. The van der Waals surface area contributed by atoms with Gasteiger partial charge in [0.1, 0.15) is 5.58 Å². The Morgan fingerprint density at radius 2 is 1.77 bits per heavy atom. The lowest BCUT2D eigenvalue weighted by atomic mass is 10.1. The van der Waals surface area contributed by atoms with Crippen LogP contribution in [-0.2, 0) is 11.3 Å². The van der Waals surface area contributed by atoms with Crippen LogP contribution in [0.2, 0.25) is 10.0 Å². The van der Waals surface area contributed by atoms with Gasteiger partial charge in [0.05, 0.1) is 18.7 Å². The predicted octanol–water partition coefficient (Wildman–Crippen LogP) is 6.64. The molecule has 0 atom stereocenters. The van der Waals surface area contributed by atoms with Crippen molar-refractivity contribution in [3.63, 3.8) is 0 Å². The summed E-state index contributed by atoms with van der Waals surface area (Å²) in [7, 11) is 0. The van der Waals surface area contributed by atoms with Gasteiger partial charge >= 0.3 is 5.97 Å². The van der Waals surface area contributed by atoms with Gasteiger partial charge in [0.15, 0.2) is 10.9 Å². The Bertz CT molecular complexity index is 1370. The number of esters is 1. The first-order valence-electron chi connectivity index (χ1n) is 10.7. The summed E-state index contributed by atoms with van der Waals surface area (Å²) >= 11 is 18.0. The molecule has 0 spiro atoms. The second kappa shape index (κ2) is 10.9. The number of ether oxygens (including phenoxy) is 1. The largest absolute Gasteiger partial charge is 0.462 e. The zero-order chi connectivity index (χ0) is 24.9. The van der Waals surface area contributed by atoms with E-state index >= 15 is 0 Å². The monoisotopic (exact) mass is 526 g/mol. The molecule has 178 valence electrons. The van der Waals surface area contributed by atoms with Gasteiger partial charge in [-0.1, -0.05) is 47.5 Å². The van der Waals surface area contributed by atoms with Crippen molar-refractivity contribution < 1.29 is 18.7 Å². The van der Waals surface area contributed by atoms with Crippen LogP contribution >= 0.6 is 35.4 Å². The molecule has 0 aliphatic rings. The number of benzene rings is 3. The molecule has 1 amide bonds. The third-order valence-electron chi connectivity index (χ3n) is 5.15. The SMILES string of the molecule is CCOC(=O)c1ccc(N(Cc2ccc(Cl)cc2Cl)C(=S)NC(=O)c2cc3ccccc3o2)cc1. The molecule has 0 unspecified atom stereocenters. The number of carbonyl (C=O) groups is 2. The molecule has 4 aromatic rings. The first-order chi connectivity index (χ1) is 16.9. The van der Waals surface area contributed by atoms with Crippen LogP contribution in [0.1, 0.15) is 33.4 Å². The molecule has 4 rings (SSSR count). The van der Waals surface area contributed by atoms with Crippen LogP contribution in [-0.4, -0.2) is 23.6 Å². The fourth-order valence-electron chi connectivity index (χ4n) is 3.41. The smallest absolute Gasteiger partial charge is 0.338 e. The number of rotatable bonds is 6. The third kappa shape index (κ3) is 5.82. The van der Waals surface area contributed by atoms with E-state index in [1.54, 1.807) is 66.4 Å². The van der Waals surface area contributed by atoms with E-state index in [0.29, 0.717) is 26.9 Å². The number of amides is 1. The predicted molar refractivity (Wildman–Crippen MR) is 141 cm³/mol. The molecule has 0 bridgehead atoms. The highest BCUT2D eigenvalue weighted by molar-refractivity contribution is 7.80. The van der Waals surface area contributed by atoms with Gasteiger partial charge in [0.25, 0.3) is 5.91 Å². The Balaban J connectivity index is 1.61. The highest BCUT2D eigenvalue weighted by atomic mass is 35.5. The van der Waals surface area contributed by atoms with Crippen molar-refractivity contribution in [2.75, 3.05) is 11.5 Å². The maximum atomic E-state index is 12.9. The number of thiocarbonyl (C=S) groups is 1. The number of anilines is 1. The summed E-state index contributed by atoms with van der Waals surface area (Å²) in [6.07, 6.45) is 0. The van der Waals surface area contributed by atoms with Crippen LogP contribution in [0.15, 0.2) is 77.2 Å². The minimum atomic E-state index is -0.485. The number of hydrogen-bond donors (Lipinski definition) is 1. The average Bonchev–Trinajstić information content (AvgIpc) is 3.28. The minimum absolute atomic E-state index is 0.130. The summed E-state index contributed by atoms with van der Waals surface area (Å²) < 4.78 is 10.7. The van der Waals surface area contributed by atoms with E-state index in [1.807, 2.05) is 18.2 Å². The Hall–Kier alpha value is -3.39. The molecule has 0 aliphatic carbocycles. The summed E-state index contributed by atoms with van der Waals surface area (Å²) in [5.41, 5.74) is 2.38. The molecule has 0 aliphatic heterocycles. The Labute approximate surface area is 217 Å². The van der Waals surface area contributed by atoms with Crippen LogP contribution in [0.3, 0.4) is 0 Å². The van der Waals surface area contributed by atoms with Crippen molar-refractivity contribution in [3.8, 4) is 0 Å². The zero-order valence-corrected chi connectivity index (χ0v) is 20.9. The fraction of sp³-hybridized carbons (Fsp3) is 0.115. The summed E-state index contributed by atoms with van der Waals surface area (Å²) in [4.78, 5) is 26.7. The molecule has 1 heterocycles. The normalized spacial score (nSPS) is 10.7. The van der Waals surface area contributed by atoms with E-state index in [0.717, 1.165) is 10.9 Å². The van der Waals surface area contributed by atoms with E-state index in [-0.39, 0.29) is 24.0 Å². The number of carbonyl (C=O) groups excluding carboxylic acids is 2. The molecule has 0 radical (unpaired) electrons.